The zero-order chi connectivity index (χ0) is 33.6. The molecule has 0 radical (unpaired) electrons. The Hall–Kier alpha value is -4.75. The Kier molecular flexibility index (Phi) is 8.42. The van der Waals surface area contributed by atoms with Gasteiger partial charge >= 0.3 is 6.18 Å². The molecular formula is C35H35F4N7O2. The highest BCUT2D eigenvalue weighted by Crippen LogP contribution is 2.36. The van der Waals surface area contributed by atoms with Crippen molar-refractivity contribution in [1.29, 1.82) is 0 Å². The third-order valence-electron chi connectivity index (χ3n) is 9.17. The minimum absolute atomic E-state index is 0.0200. The van der Waals surface area contributed by atoms with E-state index in [1.807, 2.05) is 24.2 Å². The smallest absolute Gasteiger partial charge is 0.416 e. The van der Waals surface area contributed by atoms with Gasteiger partial charge in [0.25, 0.3) is 0 Å². The lowest BCUT2D eigenvalue weighted by atomic mass is 9.97. The minimum atomic E-state index is -4.53. The average Bonchev–Trinajstić information content (AvgIpc) is 3.70. The van der Waals surface area contributed by atoms with Crippen molar-refractivity contribution in [2.45, 2.75) is 32.1 Å². The summed E-state index contributed by atoms with van der Waals surface area (Å²) in [6, 6.07) is 11.5. The Morgan fingerprint density at radius 1 is 0.979 bits per heavy atom. The molecule has 2 aromatic carbocycles. The maximum atomic E-state index is 15.0. The predicted molar refractivity (Wildman–Crippen MR) is 172 cm³/mol. The monoisotopic (exact) mass is 661 g/mol. The number of fused-ring (bicyclic) bond motifs is 2. The number of hydrogen-bond donors (Lipinski definition) is 1. The summed E-state index contributed by atoms with van der Waals surface area (Å²) in [5.74, 6) is -0.471. The van der Waals surface area contributed by atoms with Gasteiger partial charge in [-0.15, -0.1) is 0 Å². The molecule has 13 heteroatoms. The van der Waals surface area contributed by atoms with Crippen LogP contribution in [0.3, 0.4) is 0 Å². The van der Waals surface area contributed by atoms with Crippen LogP contribution in [0, 0.1) is 5.82 Å². The van der Waals surface area contributed by atoms with Gasteiger partial charge in [0.1, 0.15) is 11.4 Å². The van der Waals surface area contributed by atoms with Crippen LogP contribution < -0.4 is 4.74 Å². The van der Waals surface area contributed by atoms with Crippen molar-refractivity contribution in [3.8, 4) is 22.8 Å². The van der Waals surface area contributed by atoms with Crippen molar-refractivity contribution in [3.05, 3.63) is 94.7 Å². The van der Waals surface area contributed by atoms with Crippen LogP contribution in [0.1, 0.15) is 27.8 Å². The third-order valence-corrected chi connectivity index (χ3v) is 9.17. The third kappa shape index (κ3) is 6.65. The number of H-pyrrole nitrogens is 1. The number of alkyl halides is 3. The van der Waals surface area contributed by atoms with Crippen LogP contribution in [-0.4, -0.2) is 80.1 Å². The number of aromatic amines is 1. The van der Waals surface area contributed by atoms with Crippen molar-refractivity contribution in [2.75, 3.05) is 39.8 Å². The number of hydrogen-bond acceptors (Lipinski definition) is 6. The fourth-order valence-corrected chi connectivity index (χ4v) is 6.44. The van der Waals surface area contributed by atoms with Gasteiger partial charge in [0.05, 0.1) is 35.5 Å². The molecule has 0 saturated carbocycles. The number of halogens is 4. The number of benzene rings is 2. The summed E-state index contributed by atoms with van der Waals surface area (Å²) in [5.41, 5.74) is 3.71. The summed E-state index contributed by atoms with van der Waals surface area (Å²) >= 11 is 0. The summed E-state index contributed by atoms with van der Waals surface area (Å²) in [5, 5.41) is 4.66. The first kappa shape index (κ1) is 31.8. The zero-order valence-corrected chi connectivity index (χ0v) is 26.6. The second-order valence-corrected chi connectivity index (χ2v) is 12.6. The van der Waals surface area contributed by atoms with E-state index < -0.39 is 17.6 Å². The molecule has 48 heavy (non-hydrogen) atoms. The van der Waals surface area contributed by atoms with Gasteiger partial charge < -0.3 is 19.5 Å². The summed E-state index contributed by atoms with van der Waals surface area (Å²) in [6.45, 7) is 3.96. The van der Waals surface area contributed by atoms with Crippen molar-refractivity contribution >= 4 is 16.9 Å². The number of ether oxygens (including phenoxy) is 1. The highest BCUT2D eigenvalue weighted by molar-refractivity contribution is 5.88. The predicted octanol–water partition coefficient (Wildman–Crippen LogP) is 5.79. The molecule has 2 aliphatic rings. The van der Waals surface area contributed by atoms with Crippen LogP contribution in [0.5, 0.6) is 11.5 Å². The van der Waals surface area contributed by atoms with Crippen molar-refractivity contribution in [2.24, 2.45) is 7.05 Å². The molecule has 1 amide bonds. The minimum Gasteiger partial charge on any atom is -0.453 e. The number of pyridine rings is 1. The maximum Gasteiger partial charge on any atom is 0.416 e. The van der Waals surface area contributed by atoms with Crippen LogP contribution >= 0.6 is 0 Å². The first-order valence-electron chi connectivity index (χ1n) is 15.8. The maximum absolute atomic E-state index is 15.0. The molecule has 1 fully saturated rings. The molecule has 0 aliphatic carbocycles. The molecule has 9 nitrogen and oxygen atoms in total. The molecule has 3 aromatic heterocycles. The quantitative estimate of drug-likeness (QED) is 0.223. The number of aryl methyl sites for hydroxylation is 1. The largest absolute Gasteiger partial charge is 0.453 e. The number of rotatable bonds is 7. The number of piperazine rings is 1. The number of nitrogens with one attached hydrogen (secondary N) is 1. The number of likely N-dealkylation sites (N-methyl/N-ethyl adjacent to an activating group) is 1. The Balaban J connectivity index is 1.06. The van der Waals surface area contributed by atoms with Crippen LogP contribution in [0.15, 0.2) is 61.1 Å². The van der Waals surface area contributed by atoms with Crippen LogP contribution in [0.25, 0.3) is 22.3 Å². The van der Waals surface area contributed by atoms with E-state index in [-0.39, 0.29) is 36.7 Å². The van der Waals surface area contributed by atoms with E-state index in [9.17, 15) is 18.0 Å². The lowest BCUT2D eigenvalue weighted by molar-refractivity contribution is -0.138. The molecule has 2 aliphatic heterocycles. The van der Waals surface area contributed by atoms with Gasteiger partial charge in [-0.2, -0.15) is 18.3 Å². The topological polar surface area (TPSA) is 82.5 Å². The SMILES string of the molecule is CN1CCN(Cc2ccc(CC(=O)N3CCc4ccc(Oc5c(F)cnc6[nH]c(-c7cnn(C)c7)cc56)cc4C3)cc2C(F)(F)F)CC1. The van der Waals surface area contributed by atoms with E-state index >= 15 is 4.39 Å². The summed E-state index contributed by atoms with van der Waals surface area (Å²) in [4.78, 5) is 26.6. The highest BCUT2D eigenvalue weighted by atomic mass is 19.4. The molecule has 0 bridgehead atoms. The summed E-state index contributed by atoms with van der Waals surface area (Å²) in [7, 11) is 3.81. The van der Waals surface area contributed by atoms with E-state index in [1.54, 1.807) is 47.1 Å². The second kappa shape index (κ2) is 12.7. The molecule has 7 rings (SSSR count). The lowest BCUT2D eigenvalue weighted by Gasteiger charge is -2.33. The molecule has 1 N–H and O–H groups in total. The number of nitrogens with zero attached hydrogens (tertiary/aromatic N) is 6. The van der Waals surface area contributed by atoms with Gasteiger partial charge in [0, 0.05) is 64.6 Å². The van der Waals surface area contributed by atoms with Crippen molar-refractivity contribution in [1.82, 2.24) is 34.4 Å². The number of aromatic nitrogens is 4. The molecule has 250 valence electrons. The molecule has 0 spiro atoms. The normalized spacial score (nSPS) is 16.0. The van der Waals surface area contributed by atoms with Gasteiger partial charge in [-0.25, -0.2) is 9.37 Å². The van der Waals surface area contributed by atoms with E-state index in [0.717, 1.165) is 42.0 Å². The molecule has 5 aromatic rings. The summed E-state index contributed by atoms with van der Waals surface area (Å²) in [6.07, 6.45) is 0.538. The van der Waals surface area contributed by atoms with E-state index in [1.165, 1.54) is 6.07 Å². The lowest BCUT2D eigenvalue weighted by Crippen LogP contribution is -2.44. The highest BCUT2D eigenvalue weighted by Gasteiger charge is 2.34. The van der Waals surface area contributed by atoms with E-state index in [4.69, 9.17) is 4.74 Å². The molecule has 0 atom stereocenters. The Morgan fingerprint density at radius 2 is 1.79 bits per heavy atom. The fraction of sp³-hybridized carbons (Fsp3) is 0.343. The average molecular weight is 662 g/mol. The van der Waals surface area contributed by atoms with Gasteiger partial charge in [0.15, 0.2) is 11.6 Å². The van der Waals surface area contributed by atoms with Gasteiger partial charge in [-0.3, -0.25) is 14.4 Å². The van der Waals surface area contributed by atoms with Gasteiger partial charge in [0.2, 0.25) is 5.91 Å². The molecule has 1 saturated heterocycles. The Morgan fingerprint density at radius 3 is 2.54 bits per heavy atom. The van der Waals surface area contributed by atoms with Crippen LogP contribution in [0.4, 0.5) is 17.6 Å². The van der Waals surface area contributed by atoms with E-state index in [0.29, 0.717) is 54.1 Å². The van der Waals surface area contributed by atoms with Crippen molar-refractivity contribution < 1.29 is 27.1 Å². The van der Waals surface area contributed by atoms with E-state index in [2.05, 4.69) is 20.0 Å². The fourth-order valence-electron chi connectivity index (χ4n) is 6.44. The summed E-state index contributed by atoms with van der Waals surface area (Å²) < 4.78 is 65.2. The molecule has 0 unspecified atom stereocenters. The number of carbonyl (C=O) groups excluding carboxylic acids is 1. The Bertz CT molecular complexity index is 1980. The van der Waals surface area contributed by atoms with Gasteiger partial charge in [-0.05, 0) is 60.0 Å². The standard InChI is InChI=1S/C35H35F4N7O2/c1-43-9-11-45(12-10-43)20-24-4-3-22(13-29(24)35(37,38)39)14-32(47)46-8-7-23-5-6-27(15-25(23)21-46)48-33-28-16-31(26-17-41-44(2)19-26)42-34(28)40-18-30(33)36/h3-6,13,15-19H,7-12,14,20-21H2,1-2H3,(H,40,42). The number of carbonyl (C=O) groups is 1. The first-order chi connectivity index (χ1) is 23.0. The van der Waals surface area contributed by atoms with Crippen LogP contribution in [0.2, 0.25) is 0 Å². The molecule has 5 heterocycles. The van der Waals surface area contributed by atoms with Crippen molar-refractivity contribution in [3.63, 3.8) is 0 Å². The molecular weight excluding hydrogens is 626 g/mol. The van der Waals surface area contributed by atoms with Crippen LogP contribution in [-0.2, 0) is 43.9 Å². The zero-order valence-electron chi connectivity index (χ0n) is 26.6. The second-order valence-electron chi connectivity index (χ2n) is 12.6. The van der Waals surface area contributed by atoms with Gasteiger partial charge in [-0.1, -0.05) is 18.2 Å². The first-order valence-corrected chi connectivity index (χ1v) is 15.8. The Labute approximate surface area is 274 Å². The number of amides is 1.